The van der Waals surface area contributed by atoms with Gasteiger partial charge in [0.15, 0.2) is 5.82 Å². The van der Waals surface area contributed by atoms with E-state index in [1.165, 1.54) is 0 Å². The Balaban J connectivity index is 1.36. The fourth-order valence-corrected chi connectivity index (χ4v) is 4.63. The van der Waals surface area contributed by atoms with E-state index in [-0.39, 0.29) is 12.1 Å². The number of aryl methyl sites for hydroxylation is 1. The average molecular weight is 460 g/mol. The van der Waals surface area contributed by atoms with Gasteiger partial charge in [0.25, 0.3) is 0 Å². The molecule has 2 aliphatic heterocycles. The maximum absolute atomic E-state index is 11.9. The summed E-state index contributed by atoms with van der Waals surface area (Å²) >= 11 is 0. The minimum absolute atomic E-state index is 0.0985. The van der Waals surface area contributed by atoms with Crippen molar-refractivity contribution in [1.29, 1.82) is 5.26 Å². The van der Waals surface area contributed by atoms with Crippen molar-refractivity contribution in [2.75, 3.05) is 26.8 Å². The van der Waals surface area contributed by atoms with Crippen molar-refractivity contribution in [2.45, 2.75) is 33.1 Å². The van der Waals surface area contributed by atoms with E-state index < -0.39 is 0 Å². The van der Waals surface area contributed by atoms with Crippen LogP contribution in [0.1, 0.15) is 49.8 Å². The molecule has 5 rings (SSSR count). The molecule has 0 bridgehead atoms. The second-order valence-corrected chi connectivity index (χ2v) is 8.54. The highest BCUT2D eigenvalue weighted by Crippen LogP contribution is 2.33. The van der Waals surface area contributed by atoms with E-state index in [0.29, 0.717) is 49.1 Å². The summed E-state index contributed by atoms with van der Waals surface area (Å²) in [6, 6.07) is 7.78. The lowest BCUT2D eigenvalue weighted by atomic mass is 9.94. The molecule has 1 fully saturated rings. The van der Waals surface area contributed by atoms with Crippen molar-refractivity contribution in [3.8, 4) is 17.8 Å². The molecule has 9 heteroatoms. The highest BCUT2D eigenvalue weighted by Gasteiger charge is 2.29. The Hall–Kier alpha value is -3.74. The number of pyridine rings is 1. The summed E-state index contributed by atoms with van der Waals surface area (Å²) in [6.45, 7) is 6.95. The third-order valence-electron chi connectivity index (χ3n) is 6.52. The van der Waals surface area contributed by atoms with Crippen LogP contribution in [0.15, 0.2) is 30.6 Å². The molecule has 34 heavy (non-hydrogen) atoms. The fourth-order valence-electron chi connectivity index (χ4n) is 4.63. The zero-order chi connectivity index (χ0) is 23.8. The van der Waals surface area contributed by atoms with Crippen molar-refractivity contribution in [3.63, 3.8) is 0 Å². The predicted octanol–water partition coefficient (Wildman–Crippen LogP) is 3.01. The molecule has 2 aliphatic rings. The molecule has 0 saturated carbocycles. The van der Waals surface area contributed by atoms with Crippen LogP contribution in [-0.4, -0.2) is 52.4 Å². The lowest BCUT2D eigenvalue weighted by Crippen LogP contribution is -2.38. The summed E-state index contributed by atoms with van der Waals surface area (Å²) in [5.74, 6) is 0.959. The van der Waals surface area contributed by atoms with Gasteiger partial charge >= 0.3 is 5.97 Å². The SMILES string of the molecule is COc1c(CN2CCO[C@H](c3ccc4c(c3C)COC4=O)C2)cnn1-c1cc(C)c(C#N)cn1. The lowest BCUT2D eigenvalue weighted by Gasteiger charge is -2.34. The van der Waals surface area contributed by atoms with Crippen LogP contribution in [0.2, 0.25) is 0 Å². The van der Waals surface area contributed by atoms with E-state index in [0.717, 1.165) is 34.4 Å². The number of carbonyl (C=O) groups is 1. The molecule has 0 N–H and O–H groups in total. The van der Waals surface area contributed by atoms with Crippen molar-refractivity contribution in [1.82, 2.24) is 19.7 Å². The monoisotopic (exact) mass is 459 g/mol. The Morgan fingerprint density at radius 2 is 2.15 bits per heavy atom. The van der Waals surface area contributed by atoms with Crippen molar-refractivity contribution < 1.29 is 19.0 Å². The number of ether oxygens (including phenoxy) is 3. The van der Waals surface area contributed by atoms with Gasteiger partial charge in [-0.05, 0) is 42.7 Å². The first-order valence-electron chi connectivity index (χ1n) is 11.1. The van der Waals surface area contributed by atoms with E-state index >= 15 is 0 Å². The molecular formula is C25H25N5O4. The first-order valence-corrected chi connectivity index (χ1v) is 11.1. The third-order valence-corrected chi connectivity index (χ3v) is 6.52. The van der Waals surface area contributed by atoms with Crippen molar-refractivity contribution in [3.05, 3.63) is 69.5 Å². The Morgan fingerprint density at radius 1 is 1.29 bits per heavy atom. The maximum Gasteiger partial charge on any atom is 0.338 e. The first kappa shape index (κ1) is 22.1. The summed E-state index contributed by atoms with van der Waals surface area (Å²) in [4.78, 5) is 18.6. The van der Waals surface area contributed by atoms with Gasteiger partial charge in [-0.3, -0.25) is 4.90 Å². The second-order valence-electron chi connectivity index (χ2n) is 8.54. The molecule has 1 atom stereocenters. The quantitative estimate of drug-likeness (QED) is 0.537. The van der Waals surface area contributed by atoms with Crippen LogP contribution in [0.3, 0.4) is 0 Å². The number of aromatic nitrogens is 3. The topological polar surface area (TPSA) is 102 Å². The van der Waals surface area contributed by atoms with Gasteiger partial charge in [-0.2, -0.15) is 15.0 Å². The summed E-state index contributed by atoms with van der Waals surface area (Å²) in [5.41, 5.74) is 6.06. The van der Waals surface area contributed by atoms with Gasteiger partial charge in [-0.15, -0.1) is 0 Å². The van der Waals surface area contributed by atoms with Crippen molar-refractivity contribution >= 4 is 5.97 Å². The van der Waals surface area contributed by atoms with E-state index in [4.69, 9.17) is 14.2 Å². The van der Waals surface area contributed by atoms with Crippen LogP contribution in [0.4, 0.5) is 0 Å². The minimum Gasteiger partial charge on any atom is -0.481 e. The normalized spacial score (nSPS) is 17.8. The van der Waals surface area contributed by atoms with Gasteiger partial charge in [0.1, 0.15) is 12.7 Å². The molecule has 0 radical (unpaired) electrons. The smallest absolute Gasteiger partial charge is 0.338 e. The summed E-state index contributed by atoms with van der Waals surface area (Å²) in [6.07, 6.45) is 3.25. The number of hydrogen-bond acceptors (Lipinski definition) is 8. The van der Waals surface area contributed by atoms with Crippen LogP contribution >= 0.6 is 0 Å². The average Bonchev–Trinajstić information content (AvgIpc) is 3.43. The molecule has 174 valence electrons. The van der Waals surface area contributed by atoms with Gasteiger partial charge in [0.2, 0.25) is 5.88 Å². The molecule has 0 spiro atoms. The molecule has 3 aromatic rings. The number of benzene rings is 1. The number of rotatable bonds is 5. The molecule has 0 unspecified atom stereocenters. The highest BCUT2D eigenvalue weighted by atomic mass is 16.5. The summed E-state index contributed by atoms with van der Waals surface area (Å²) < 4.78 is 18.7. The predicted molar refractivity (Wildman–Crippen MR) is 122 cm³/mol. The Morgan fingerprint density at radius 3 is 2.91 bits per heavy atom. The number of nitrogens with zero attached hydrogens (tertiary/aromatic N) is 5. The van der Waals surface area contributed by atoms with E-state index in [2.05, 4.69) is 21.1 Å². The number of hydrogen-bond donors (Lipinski definition) is 0. The van der Waals surface area contributed by atoms with Crippen LogP contribution in [-0.2, 0) is 22.6 Å². The van der Waals surface area contributed by atoms with Gasteiger partial charge in [-0.1, -0.05) is 6.07 Å². The second kappa shape index (κ2) is 8.89. The molecule has 2 aromatic heterocycles. The highest BCUT2D eigenvalue weighted by molar-refractivity contribution is 5.93. The van der Waals surface area contributed by atoms with E-state index in [1.54, 1.807) is 24.2 Å². The Labute approximate surface area is 197 Å². The minimum atomic E-state index is -0.258. The number of carbonyl (C=O) groups excluding carboxylic acids is 1. The summed E-state index contributed by atoms with van der Waals surface area (Å²) in [5, 5.41) is 13.7. The van der Waals surface area contributed by atoms with Gasteiger partial charge in [-0.25, -0.2) is 9.78 Å². The fraction of sp³-hybridized carbons (Fsp3) is 0.360. The number of esters is 1. The zero-order valence-electron chi connectivity index (χ0n) is 19.4. The Bertz CT molecular complexity index is 1310. The maximum atomic E-state index is 11.9. The Kier molecular flexibility index (Phi) is 5.77. The van der Waals surface area contributed by atoms with Crippen molar-refractivity contribution in [2.24, 2.45) is 0 Å². The van der Waals surface area contributed by atoms with Crippen LogP contribution in [0, 0.1) is 25.2 Å². The molecule has 4 heterocycles. The molecule has 1 aromatic carbocycles. The van der Waals surface area contributed by atoms with Gasteiger partial charge in [0, 0.05) is 37.0 Å². The molecule has 9 nitrogen and oxygen atoms in total. The number of morpholine rings is 1. The molecular weight excluding hydrogens is 434 g/mol. The third kappa shape index (κ3) is 3.81. The zero-order valence-corrected chi connectivity index (χ0v) is 19.4. The largest absolute Gasteiger partial charge is 0.481 e. The molecule has 0 amide bonds. The molecule has 1 saturated heterocycles. The lowest BCUT2D eigenvalue weighted by molar-refractivity contribution is -0.0334. The van der Waals surface area contributed by atoms with E-state index in [9.17, 15) is 10.1 Å². The number of methoxy groups -OCH3 is 1. The first-order chi connectivity index (χ1) is 16.5. The molecule has 0 aliphatic carbocycles. The standard InChI is InChI=1S/C25H25N5O4/c1-15-8-23(27-10-17(15)9-26)30-24(32-3)18(11-28-30)12-29-6-7-33-22(13-29)19-4-5-20-21(16(19)2)14-34-25(20)31/h4-5,8,10-11,22H,6-7,12-14H2,1-3H3/t22-/m0/s1. The number of nitriles is 1. The van der Waals surface area contributed by atoms with E-state index in [1.807, 2.05) is 32.0 Å². The summed E-state index contributed by atoms with van der Waals surface area (Å²) in [7, 11) is 1.62. The van der Waals surface area contributed by atoms with Crippen LogP contribution in [0.5, 0.6) is 5.88 Å². The number of fused-ring (bicyclic) bond motifs is 1. The number of cyclic esters (lactones) is 1. The van der Waals surface area contributed by atoms with Gasteiger partial charge in [0.05, 0.1) is 37.1 Å². The van der Waals surface area contributed by atoms with Crippen LogP contribution < -0.4 is 4.74 Å². The van der Waals surface area contributed by atoms with Crippen LogP contribution in [0.25, 0.3) is 5.82 Å². The van der Waals surface area contributed by atoms with Gasteiger partial charge < -0.3 is 14.2 Å².